The van der Waals surface area contributed by atoms with Gasteiger partial charge in [-0.1, -0.05) is 46.8 Å². The van der Waals surface area contributed by atoms with Gasteiger partial charge in [-0.05, 0) is 49.0 Å². The predicted molar refractivity (Wildman–Crippen MR) is 104 cm³/mol. The van der Waals surface area contributed by atoms with Crippen molar-refractivity contribution >= 4 is 14.1 Å². The lowest BCUT2D eigenvalue weighted by atomic mass is 9.74. The molecule has 2 bridgehead atoms. The molecule has 4 heteroatoms. The summed E-state index contributed by atoms with van der Waals surface area (Å²) in [7, 11) is -2.02. The van der Waals surface area contributed by atoms with Gasteiger partial charge in [-0.25, -0.2) is 0 Å². The molecule has 0 N–H and O–H groups in total. The monoisotopic (exact) mass is 362 g/mol. The first kappa shape index (κ1) is 19.1. The van der Waals surface area contributed by atoms with Gasteiger partial charge in [0.2, 0.25) is 0 Å². The zero-order chi connectivity index (χ0) is 19.0. The van der Waals surface area contributed by atoms with E-state index in [0.29, 0.717) is 6.42 Å². The topological polar surface area (TPSA) is 35.5 Å². The fraction of sp³-hybridized carbons (Fsp3) is 0.762. The van der Waals surface area contributed by atoms with Crippen molar-refractivity contribution in [1.82, 2.24) is 0 Å². The molecule has 25 heavy (non-hydrogen) atoms. The van der Waals surface area contributed by atoms with E-state index in [1.165, 1.54) is 5.57 Å². The third kappa shape index (κ3) is 2.55. The van der Waals surface area contributed by atoms with Crippen LogP contribution in [0.15, 0.2) is 23.3 Å². The molecule has 1 fully saturated rings. The number of allylic oxidation sites excluding steroid dienone is 1. The van der Waals surface area contributed by atoms with E-state index in [4.69, 9.17) is 9.16 Å². The summed E-state index contributed by atoms with van der Waals surface area (Å²) in [6.45, 7) is 19.9. The lowest BCUT2D eigenvalue weighted by Crippen LogP contribution is -2.61. The second kappa shape index (κ2) is 5.40. The maximum absolute atomic E-state index is 12.6. The average Bonchev–Trinajstić information content (AvgIpc) is 2.94. The molecule has 3 aliphatic rings. The van der Waals surface area contributed by atoms with Gasteiger partial charge in [0.05, 0.1) is 5.60 Å². The summed E-state index contributed by atoms with van der Waals surface area (Å²) in [5.41, 5.74) is 1.27. The largest absolute Gasteiger partial charge is 0.407 e. The molecule has 4 atom stereocenters. The Hall–Kier alpha value is -0.713. The lowest BCUT2D eigenvalue weighted by molar-refractivity contribution is -0.185. The average molecular weight is 363 g/mol. The Bertz CT molecular complexity index is 667. The Balaban J connectivity index is 2.15. The van der Waals surface area contributed by atoms with Gasteiger partial charge in [-0.2, -0.15) is 0 Å². The first-order valence-electron chi connectivity index (χ1n) is 9.57. The minimum atomic E-state index is -2.02. The van der Waals surface area contributed by atoms with Crippen molar-refractivity contribution in [2.75, 3.05) is 0 Å². The smallest absolute Gasteiger partial charge is 0.193 e. The number of carbonyl (C=O) groups is 1. The molecule has 0 spiro atoms. The van der Waals surface area contributed by atoms with Crippen molar-refractivity contribution in [2.45, 2.75) is 90.3 Å². The van der Waals surface area contributed by atoms with E-state index in [1.54, 1.807) is 0 Å². The van der Waals surface area contributed by atoms with Crippen LogP contribution in [-0.4, -0.2) is 31.4 Å². The lowest BCUT2D eigenvalue weighted by Gasteiger charge is -2.53. The summed E-state index contributed by atoms with van der Waals surface area (Å²) < 4.78 is 13.7. The predicted octanol–water partition coefficient (Wildman–Crippen LogP) is 5.04. The summed E-state index contributed by atoms with van der Waals surface area (Å²) in [5, 5.41) is 0.112. The van der Waals surface area contributed by atoms with Gasteiger partial charge in [0.15, 0.2) is 14.1 Å². The van der Waals surface area contributed by atoms with E-state index < -0.39 is 13.9 Å². The Morgan fingerprint density at radius 1 is 1.28 bits per heavy atom. The maximum atomic E-state index is 12.6. The number of ether oxygens (including phenoxy) is 1. The maximum Gasteiger partial charge on any atom is 0.193 e. The van der Waals surface area contributed by atoms with Crippen molar-refractivity contribution in [2.24, 2.45) is 11.8 Å². The Morgan fingerprint density at radius 3 is 2.40 bits per heavy atom. The molecular weight excluding hydrogens is 328 g/mol. The number of hydrogen-bond donors (Lipinski definition) is 0. The zero-order valence-electron chi connectivity index (χ0n) is 17.3. The molecule has 2 heterocycles. The number of fused-ring (bicyclic) bond motifs is 4. The molecule has 3 nitrogen and oxygen atoms in total. The van der Waals surface area contributed by atoms with Crippen LogP contribution < -0.4 is 0 Å². The van der Waals surface area contributed by atoms with Gasteiger partial charge >= 0.3 is 0 Å². The first-order valence-corrected chi connectivity index (χ1v) is 12.5. The van der Waals surface area contributed by atoms with Gasteiger partial charge in [-0.3, -0.25) is 4.79 Å². The van der Waals surface area contributed by atoms with E-state index in [1.807, 2.05) is 6.92 Å². The minimum Gasteiger partial charge on any atom is -0.407 e. The van der Waals surface area contributed by atoms with Gasteiger partial charge in [0.1, 0.15) is 11.7 Å². The van der Waals surface area contributed by atoms with E-state index in [0.717, 1.165) is 5.57 Å². The van der Waals surface area contributed by atoms with Gasteiger partial charge in [-0.15, -0.1) is 0 Å². The highest BCUT2D eigenvalue weighted by Gasteiger charge is 2.63. The Labute approximate surface area is 154 Å². The molecule has 3 rings (SSSR count). The molecular formula is C21H34O3Si. The van der Waals surface area contributed by atoms with E-state index in [-0.39, 0.29) is 34.4 Å². The molecule has 0 saturated carbocycles. The van der Waals surface area contributed by atoms with Gasteiger partial charge in [0.25, 0.3) is 0 Å². The molecule has 0 amide bonds. The van der Waals surface area contributed by atoms with E-state index in [9.17, 15) is 4.79 Å². The van der Waals surface area contributed by atoms with Crippen molar-refractivity contribution in [3.05, 3.63) is 23.3 Å². The standard InChI is InChI=1S/C21H34O3Si/c1-13(2)21-11-10-20(7,24-21)15-12-16(22)14(3)17(15)18(21)23-25(8,9)19(4,5)6/h10-11,13,15,18H,12H2,1-9H3/t15-,18-,20-,21-/m1/s1. The van der Waals surface area contributed by atoms with E-state index >= 15 is 0 Å². The molecule has 1 saturated heterocycles. The Kier molecular flexibility index (Phi) is 4.12. The van der Waals surface area contributed by atoms with Crippen molar-refractivity contribution < 1.29 is 14.0 Å². The summed E-state index contributed by atoms with van der Waals surface area (Å²) >= 11 is 0. The number of Topliss-reactive ketones (excluding diaryl/α,β-unsaturated/α-hetero) is 1. The third-order valence-corrected chi connectivity index (χ3v) is 11.6. The van der Waals surface area contributed by atoms with Crippen LogP contribution in [0.1, 0.15) is 54.9 Å². The molecule has 0 aromatic carbocycles. The highest BCUT2D eigenvalue weighted by molar-refractivity contribution is 6.74. The molecule has 0 unspecified atom stereocenters. The third-order valence-electron chi connectivity index (χ3n) is 7.19. The highest BCUT2D eigenvalue weighted by Crippen LogP contribution is 2.58. The highest BCUT2D eigenvalue weighted by atomic mass is 28.4. The van der Waals surface area contributed by atoms with Crippen LogP contribution in [0.5, 0.6) is 0 Å². The quantitative estimate of drug-likeness (QED) is 0.521. The first-order chi connectivity index (χ1) is 11.3. The van der Waals surface area contributed by atoms with E-state index in [2.05, 4.69) is 66.8 Å². The normalized spacial score (nSPS) is 38.1. The van der Waals surface area contributed by atoms with Crippen LogP contribution >= 0.6 is 0 Å². The molecule has 2 aliphatic heterocycles. The van der Waals surface area contributed by atoms with Crippen molar-refractivity contribution in [1.29, 1.82) is 0 Å². The number of ketones is 1. The summed E-state index contributed by atoms with van der Waals surface area (Å²) in [5.74, 6) is 0.645. The number of rotatable bonds is 3. The van der Waals surface area contributed by atoms with Crippen LogP contribution in [0.2, 0.25) is 18.1 Å². The minimum absolute atomic E-state index is 0.111. The summed E-state index contributed by atoms with van der Waals surface area (Å²) in [6.07, 6.45) is 4.82. The van der Waals surface area contributed by atoms with Crippen LogP contribution in [0.25, 0.3) is 0 Å². The van der Waals surface area contributed by atoms with Crippen LogP contribution in [-0.2, 0) is 14.0 Å². The van der Waals surface area contributed by atoms with Gasteiger partial charge < -0.3 is 9.16 Å². The van der Waals surface area contributed by atoms with Crippen LogP contribution in [0.3, 0.4) is 0 Å². The van der Waals surface area contributed by atoms with Crippen molar-refractivity contribution in [3.8, 4) is 0 Å². The fourth-order valence-corrected chi connectivity index (χ4v) is 5.57. The summed E-state index contributed by atoms with van der Waals surface area (Å²) in [4.78, 5) is 12.6. The van der Waals surface area contributed by atoms with Crippen molar-refractivity contribution in [3.63, 3.8) is 0 Å². The molecule has 0 aromatic heterocycles. The molecule has 0 aromatic rings. The molecule has 1 aliphatic carbocycles. The fourth-order valence-electron chi connectivity index (χ4n) is 4.32. The number of hydrogen-bond acceptors (Lipinski definition) is 3. The second-order valence-corrected chi connectivity index (χ2v) is 14.9. The SMILES string of the molecule is CC1=C2[C@@H](CC1=O)[C@@]1(C)C=C[C@](C(C)C)(O1)[C@@H]2O[Si](C)(C)C(C)(C)C. The molecule has 0 radical (unpaired) electrons. The summed E-state index contributed by atoms with van der Waals surface area (Å²) in [6, 6.07) is 0. The molecule has 140 valence electrons. The zero-order valence-corrected chi connectivity index (χ0v) is 18.3. The van der Waals surface area contributed by atoms with Crippen LogP contribution in [0, 0.1) is 11.8 Å². The van der Waals surface area contributed by atoms with Crippen LogP contribution in [0.4, 0.5) is 0 Å². The second-order valence-electron chi connectivity index (χ2n) is 10.1. The number of carbonyl (C=O) groups excluding carboxylic acids is 1. The Morgan fingerprint density at radius 2 is 1.88 bits per heavy atom. The van der Waals surface area contributed by atoms with Gasteiger partial charge in [0, 0.05) is 12.3 Å².